The molecule has 3 rings (SSSR count). The van der Waals surface area contributed by atoms with Crippen molar-refractivity contribution in [1.82, 2.24) is 15.1 Å². The van der Waals surface area contributed by atoms with Crippen molar-refractivity contribution in [2.75, 3.05) is 0 Å². The summed E-state index contributed by atoms with van der Waals surface area (Å²) in [5, 5.41) is 4.69. The first-order valence-corrected chi connectivity index (χ1v) is 8.40. The van der Waals surface area contributed by atoms with Gasteiger partial charge in [0.1, 0.15) is 5.25 Å². The van der Waals surface area contributed by atoms with Crippen LogP contribution in [0.15, 0.2) is 14.2 Å². The standard InChI is InChI=1S/C11H13N3O3S2/c1-6-5-18-11(12-6)19(15,16)7(2)10-13-9(14-17-10)8-3-4-8/h5,7-8H,3-4H2,1-2H3/t7-/m0/s1. The lowest BCUT2D eigenvalue weighted by molar-refractivity contribution is 0.371. The Balaban J connectivity index is 1.91. The van der Waals surface area contributed by atoms with Crippen LogP contribution >= 0.6 is 11.3 Å². The monoisotopic (exact) mass is 299 g/mol. The maximum Gasteiger partial charge on any atom is 0.245 e. The van der Waals surface area contributed by atoms with Crippen LogP contribution in [0.5, 0.6) is 0 Å². The predicted octanol–water partition coefficient (Wildman–Crippen LogP) is 2.25. The van der Waals surface area contributed by atoms with Gasteiger partial charge in [0.15, 0.2) is 5.82 Å². The fourth-order valence-corrected chi connectivity index (χ4v) is 4.24. The molecule has 0 spiro atoms. The Morgan fingerprint density at radius 3 is 2.74 bits per heavy atom. The Bertz CT molecular complexity index is 700. The SMILES string of the molecule is Cc1csc(S(=O)(=O)[C@@H](C)c2nc(C3CC3)no2)n1. The van der Waals surface area contributed by atoms with E-state index >= 15 is 0 Å². The summed E-state index contributed by atoms with van der Waals surface area (Å²) >= 11 is 1.12. The fraction of sp³-hybridized carbons (Fsp3) is 0.545. The van der Waals surface area contributed by atoms with E-state index in [1.807, 2.05) is 0 Å². The third-order valence-electron chi connectivity index (χ3n) is 3.05. The maximum absolute atomic E-state index is 12.4. The highest BCUT2D eigenvalue weighted by Gasteiger charge is 2.35. The molecular formula is C11H13N3O3S2. The molecular weight excluding hydrogens is 286 g/mol. The van der Waals surface area contributed by atoms with Crippen LogP contribution in [-0.2, 0) is 9.84 Å². The van der Waals surface area contributed by atoms with Crippen LogP contribution in [0.25, 0.3) is 0 Å². The van der Waals surface area contributed by atoms with Gasteiger partial charge in [0.25, 0.3) is 0 Å². The van der Waals surface area contributed by atoms with Crippen molar-refractivity contribution in [2.24, 2.45) is 0 Å². The predicted molar refractivity (Wildman–Crippen MR) is 68.7 cm³/mol. The number of hydrogen-bond donors (Lipinski definition) is 0. The molecule has 1 saturated carbocycles. The van der Waals surface area contributed by atoms with Crippen LogP contribution in [-0.4, -0.2) is 23.5 Å². The highest BCUT2D eigenvalue weighted by atomic mass is 32.2. The quantitative estimate of drug-likeness (QED) is 0.860. The molecule has 102 valence electrons. The summed E-state index contributed by atoms with van der Waals surface area (Å²) < 4.78 is 29.9. The van der Waals surface area contributed by atoms with E-state index in [0.717, 1.165) is 24.2 Å². The van der Waals surface area contributed by atoms with E-state index in [0.29, 0.717) is 17.4 Å². The average Bonchev–Trinajstić information content (AvgIpc) is 2.93. The minimum atomic E-state index is -3.55. The molecule has 2 heterocycles. The third-order valence-corrected chi connectivity index (χ3v) is 6.50. The Morgan fingerprint density at radius 1 is 1.42 bits per heavy atom. The van der Waals surface area contributed by atoms with E-state index in [-0.39, 0.29) is 10.2 Å². The highest BCUT2D eigenvalue weighted by Crippen LogP contribution is 2.39. The zero-order valence-corrected chi connectivity index (χ0v) is 12.2. The van der Waals surface area contributed by atoms with Gasteiger partial charge in [0.2, 0.25) is 20.1 Å². The van der Waals surface area contributed by atoms with Crippen LogP contribution < -0.4 is 0 Å². The smallest absolute Gasteiger partial charge is 0.245 e. The summed E-state index contributed by atoms with van der Waals surface area (Å²) in [6.07, 6.45) is 2.09. The molecule has 2 aromatic rings. The number of rotatable bonds is 4. The first kappa shape index (κ1) is 12.7. The van der Waals surface area contributed by atoms with E-state index in [2.05, 4.69) is 15.1 Å². The first-order chi connectivity index (χ1) is 8.98. The summed E-state index contributed by atoms with van der Waals surface area (Å²) in [6.45, 7) is 3.31. The van der Waals surface area contributed by atoms with Crippen LogP contribution in [0.2, 0.25) is 0 Å². The van der Waals surface area contributed by atoms with Gasteiger partial charge >= 0.3 is 0 Å². The minimum Gasteiger partial charge on any atom is -0.338 e. The van der Waals surface area contributed by atoms with Gasteiger partial charge in [-0.1, -0.05) is 5.16 Å². The number of nitrogens with zero attached hydrogens (tertiary/aromatic N) is 3. The van der Waals surface area contributed by atoms with Crippen molar-refractivity contribution >= 4 is 21.2 Å². The first-order valence-electron chi connectivity index (χ1n) is 5.98. The van der Waals surface area contributed by atoms with Gasteiger partial charge in [-0.3, -0.25) is 0 Å². The van der Waals surface area contributed by atoms with E-state index < -0.39 is 15.1 Å². The number of hydrogen-bond acceptors (Lipinski definition) is 7. The molecule has 0 radical (unpaired) electrons. The normalized spacial score (nSPS) is 17.6. The Kier molecular flexibility index (Phi) is 2.94. The van der Waals surface area contributed by atoms with E-state index in [4.69, 9.17) is 4.52 Å². The van der Waals surface area contributed by atoms with Gasteiger partial charge in [-0.15, -0.1) is 11.3 Å². The van der Waals surface area contributed by atoms with Gasteiger partial charge in [-0.25, -0.2) is 13.4 Å². The lowest BCUT2D eigenvalue weighted by Gasteiger charge is -2.05. The molecule has 8 heteroatoms. The average molecular weight is 299 g/mol. The second-order valence-electron chi connectivity index (χ2n) is 4.71. The van der Waals surface area contributed by atoms with Gasteiger partial charge in [-0.2, -0.15) is 4.98 Å². The third kappa shape index (κ3) is 2.30. The Hall–Kier alpha value is -1.28. The second-order valence-corrected chi connectivity index (χ2v) is 8.01. The molecule has 0 bridgehead atoms. The Labute approximate surface area is 114 Å². The van der Waals surface area contributed by atoms with Crippen LogP contribution in [0.3, 0.4) is 0 Å². The van der Waals surface area contributed by atoms with Crippen LogP contribution in [0.4, 0.5) is 0 Å². The van der Waals surface area contributed by atoms with E-state index in [1.54, 1.807) is 19.2 Å². The second kappa shape index (κ2) is 4.38. The highest BCUT2D eigenvalue weighted by molar-refractivity contribution is 7.93. The fourth-order valence-electron chi connectivity index (χ4n) is 1.67. The molecule has 19 heavy (non-hydrogen) atoms. The largest absolute Gasteiger partial charge is 0.338 e. The summed E-state index contributed by atoms with van der Waals surface area (Å²) in [5.41, 5.74) is 0.694. The topological polar surface area (TPSA) is 86.0 Å². The summed E-state index contributed by atoms with van der Waals surface area (Å²) in [7, 11) is -3.55. The van der Waals surface area contributed by atoms with Crippen LogP contribution in [0.1, 0.15) is 48.3 Å². The number of aromatic nitrogens is 3. The molecule has 0 unspecified atom stereocenters. The number of thiazole rings is 1. The van der Waals surface area contributed by atoms with Gasteiger partial charge in [0.05, 0.1) is 0 Å². The van der Waals surface area contributed by atoms with E-state index in [1.165, 1.54) is 0 Å². The molecule has 1 aliphatic carbocycles. The van der Waals surface area contributed by atoms with Crippen molar-refractivity contribution < 1.29 is 12.9 Å². The molecule has 0 aliphatic heterocycles. The minimum absolute atomic E-state index is 0.101. The molecule has 0 aromatic carbocycles. The van der Waals surface area contributed by atoms with Gasteiger partial charge < -0.3 is 4.52 Å². The molecule has 0 N–H and O–H groups in total. The van der Waals surface area contributed by atoms with E-state index in [9.17, 15) is 8.42 Å². The number of aryl methyl sites for hydroxylation is 1. The molecule has 0 amide bonds. The van der Waals surface area contributed by atoms with Crippen molar-refractivity contribution in [2.45, 2.75) is 42.2 Å². The zero-order valence-electron chi connectivity index (χ0n) is 10.5. The van der Waals surface area contributed by atoms with Gasteiger partial charge in [-0.05, 0) is 26.7 Å². The molecule has 1 aliphatic rings. The van der Waals surface area contributed by atoms with Crippen LogP contribution in [0, 0.1) is 6.92 Å². The van der Waals surface area contributed by atoms with Gasteiger partial charge in [0, 0.05) is 17.0 Å². The summed E-state index contributed by atoms with van der Waals surface area (Å²) in [5.74, 6) is 1.11. The lowest BCUT2D eigenvalue weighted by atomic mass is 10.4. The Morgan fingerprint density at radius 2 is 2.16 bits per heavy atom. The molecule has 2 aromatic heterocycles. The van der Waals surface area contributed by atoms with Crippen molar-refractivity contribution in [1.29, 1.82) is 0 Å². The van der Waals surface area contributed by atoms with Crippen molar-refractivity contribution in [3.63, 3.8) is 0 Å². The molecule has 0 saturated heterocycles. The molecule has 6 nitrogen and oxygen atoms in total. The number of sulfone groups is 1. The summed E-state index contributed by atoms with van der Waals surface area (Å²) in [4.78, 5) is 8.21. The molecule has 1 atom stereocenters. The summed E-state index contributed by atoms with van der Waals surface area (Å²) in [6, 6.07) is 0. The maximum atomic E-state index is 12.4. The van der Waals surface area contributed by atoms with Crippen molar-refractivity contribution in [3.8, 4) is 0 Å². The van der Waals surface area contributed by atoms with Crippen molar-refractivity contribution in [3.05, 3.63) is 22.8 Å². The molecule has 1 fully saturated rings. The zero-order chi connectivity index (χ0) is 13.6. The lowest BCUT2D eigenvalue weighted by Crippen LogP contribution is -2.11.